The van der Waals surface area contributed by atoms with Crippen LogP contribution in [-0.4, -0.2) is 25.3 Å². The molecule has 0 spiro atoms. The van der Waals surface area contributed by atoms with Gasteiger partial charge in [0.1, 0.15) is 12.4 Å². The van der Waals surface area contributed by atoms with E-state index in [0.29, 0.717) is 31.1 Å². The molecule has 0 saturated heterocycles. The zero-order valence-electron chi connectivity index (χ0n) is 25.9. The molecule has 228 valence electrons. The quantitative estimate of drug-likeness (QED) is 0.0936. The molecule has 0 saturated carbocycles. The van der Waals surface area contributed by atoms with Gasteiger partial charge < -0.3 is 18.9 Å². The van der Waals surface area contributed by atoms with Crippen molar-refractivity contribution in [1.29, 1.82) is 0 Å². The van der Waals surface area contributed by atoms with Crippen molar-refractivity contribution in [3.8, 4) is 28.4 Å². The summed E-state index contributed by atoms with van der Waals surface area (Å²) in [5, 5.41) is 0. The summed E-state index contributed by atoms with van der Waals surface area (Å²) >= 11 is 0. The van der Waals surface area contributed by atoms with Crippen molar-refractivity contribution in [2.75, 3.05) is 13.2 Å². The van der Waals surface area contributed by atoms with Gasteiger partial charge in [0.25, 0.3) is 0 Å². The smallest absolute Gasteiger partial charge is 0.347 e. The fourth-order valence-electron chi connectivity index (χ4n) is 4.82. The van der Waals surface area contributed by atoms with E-state index in [0.717, 1.165) is 61.2 Å². The van der Waals surface area contributed by atoms with Crippen molar-refractivity contribution in [1.82, 2.24) is 0 Å². The molecule has 0 aliphatic carbocycles. The molecule has 0 radical (unpaired) electrons. The SMILES string of the molecule is CCCCCCCCOc1ccc(-c2ccc(OCc3ccccc3)c(O[C@@H](CCCCCC)C(=O)OCC)c2)cc1. The number of ether oxygens (including phenoxy) is 4. The summed E-state index contributed by atoms with van der Waals surface area (Å²) in [6, 6.07) is 24.1. The number of carbonyl (C=O) groups is 1. The second-order valence-corrected chi connectivity index (χ2v) is 10.8. The maximum absolute atomic E-state index is 12.9. The van der Waals surface area contributed by atoms with Gasteiger partial charge in [0.05, 0.1) is 13.2 Å². The van der Waals surface area contributed by atoms with Crippen LogP contribution in [-0.2, 0) is 16.1 Å². The Balaban J connectivity index is 1.74. The van der Waals surface area contributed by atoms with Gasteiger partial charge in [0, 0.05) is 0 Å². The Morgan fingerprint density at radius 1 is 0.667 bits per heavy atom. The third-order valence-corrected chi connectivity index (χ3v) is 7.27. The molecule has 0 fully saturated rings. The molecule has 0 aromatic heterocycles. The molecular formula is C37H50O5. The lowest BCUT2D eigenvalue weighted by molar-refractivity contribution is -0.151. The molecule has 0 bridgehead atoms. The molecule has 42 heavy (non-hydrogen) atoms. The Kier molecular flexibility index (Phi) is 15.4. The zero-order chi connectivity index (χ0) is 29.8. The standard InChI is InChI=1S/C37H50O5/c1-4-7-9-11-12-17-27-40-33-24-21-31(22-25-33)32-23-26-34(41-29-30-18-14-13-15-19-30)36(28-32)42-35(37(38)39-6-3)20-16-10-8-5-2/h13-15,18-19,21-26,28,35H,4-12,16-17,20,27,29H2,1-3H3/t35-/m0/s1. The predicted molar refractivity (Wildman–Crippen MR) is 171 cm³/mol. The zero-order valence-corrected chi connectivity index (χ0v) is 25.9. The highest BCUT2D eigenvalue weighted by Crippen LogP contribution is 2.35. The number of unbranched alkanes of at least 4 members (excludes halogenated alkanes) is 8. The summed E-state index contributed by atoms with van der Waals surface area (Å²) < 4.78 is 24.0. The van der Waals surface area contributed by atoms with Crippen molar-refractivity contribution >= 4 is 5.97 Å². The van der Waals surface area contributed by atoms with Crippen LogP contribution < -0.4 is 14.2 Å². The monoisotopic (exact) mass is 574 g/mol. The van der Waals surface area contributed by atoms with E-state index in [2.05, 4.69) is 26.0 Å². The number of hydrogen-bond acceptors (Lipinski definition) is 5. The topological polar surface area (TPSA) is 54.0 Å². The third-order valence-electron chi connectivity index (χ3n) is 7.27. The molecule has 3 rings (SSSR count). The van der Waals surface area contributed by atoms with Gasteiger partial charge in [-0.3, -0.25) is 0 Å². The Morgan fingerprint density at radius 3 is 2.05 bits per heavy atom. The first kappa shape index (κ1) is 33.0. The van der Waals surface area contributed by atoms with E-state index >= 15 is 0 Å². The van der Waals surface area contributed by atoms with Crippen LogP contribution in [0.4, 0.5) is 0 Å². The molecule has 0 amide bonds. The molecule has 0 heterocycles. The van der Waals surface area contributed by atoms with Gasteiger partial charge in [-0.15, -0.1) is 0 Å². The second-order valence-electron chi connectivity index (χ2n) is 10.8. The van der Waals surface area contributed by atoms with Crippen LogP contribution in [0, 0.1) is 0 Å². The van der Waals surface area contributed by atoms with E-state index in [4.69, 9.17) is 18.9 Å². The van der Waals surface area contributed by atoms with Gasteiger partial charge >= 0.3 is 5.97 Å². The van der Waals surface area contributed by atoms with Crippen LogP contribution >= 0.6 is 0 Å². The Labute approximate surface area is 253 Å². The van der Waals surface area contributed by atoms with Gasteiger partial charge in [-0.1, -0.05) is 114 Å². The minimum atomic E-state index is -0.686. The Bertz CT molecular complexity index is 1140. The van der Waals surface area contributed by atoms with E-state index in [1.165, 1.54) is 32.1 Å². The van der Waals surface area contributed by atoms with E-state index in [1.807, 2.05) is 67.6 Å². The highest BCUT2D eigenvalue weighted by Gasteiger charge is 2.23. The first-order chi connectivity index (χ1) is 20.6. The summed E-state index contributed by atoms with van der Waals surface area (Å²) in [5.41, 5.74) is 3.08. The van der Waals surface area contributed by atoms with Crippen molar-refractivity contribution < 1.29 is 23.7 Å². The fourth-order valence-corrected chi connectivity index (χ4v) is 4.82. The van der Waals surface area contributed by atoms with Gasteiger partial charge in [-0.05, 0) is 67.1 Å². The normalized spacial score (nSPS) is 11.6. The van der Waals surface area contributed by atoms with Crippen LogP contribution in [0.25, 0.3) is 11.1 Å². The van der Waals surface area contributed by atoms with Crippen molar-refractivity contribution in [3.05, 3.63) is 78.4 Å². The van der Waals surface area contributed by atoms with Crippen LogP contribution in [0.5, 0.6) is 17.2 Å². The summed E-state index contributed by atoms with van der Waals surface area (Å²) in [5.74, 6) is 1.69. The number of carbonyl (C=O) groups excluding carboxylic acids is 1. The highest BCUT2D eigenvalue weighted by atomic mass is 16.6. The average Bonchev–Trinajstić information content (AvgIpc) is 3.02. The number of esters is 1. The van der Waals surface area contributed by atoms with Crippen LogP contribution in [0.2, 0.25) is 0 Å². The van der Waals surface area contributed by atoms with Crippen molar-refractivity contribution in [3.63, 3.8) is 0 Å². The maximum Gasteiger partial charge on any atom is 0.347 e. The maximum atomic E-state index is 12.9. The molecule has 5 heteroatoms. The first-order valence-electron chi connectivity index (χ1n) is 16.0. The van der Waals surface area contributed by atoms with E-state index in [1.54, 1.807) is 0 Å². The molecule has 0 aliphatic heterocycles. The lowest BCUT2D eigenvalue weighted by Gasteiger charge is -2.21. The minimum Gasteiger partial charge on any atom is -0.494 e. The van der Waals surface area contributed by atoms with E-state index in [-0.39, 0.29) is 5.97 Å². The molecule has 0 aliphatic rings. The summed E-state index contributed by atoms with van der Waals surface area (Å²) in [6.45, 7) is 7.70. The van der Waals surface area contributed by atoms with Crippen LogP contribution in [0.3, 0.4) is 0 Å². The Hall–Kier alpha value is -3.47. The average molecular weight is 575 g/mol. The highest BCUT2D eigenvalue weighted by molar-refractivity contribution is 5.75. The van der Waals surface area contributed by atoms with Gasteiger partial charge in [0.15, 0.2) is 17.6 Å². The third kappa shape index (κ3) is 11.8. The summed E-state index contributed by atoms with van der Waals surface area (Å²) in [6.07, 6.45) is 11.6. The molecule has 1 atom stereocenters. The number of benzene rings is 3. The summed E-state index contributed by atoms with van der Waals surface area (Å²) in [7, 11) is 0. The van der Waals surface area contributed by atoms with Gasteiger partial charge in [0.2, 0.25) is 0 Å². The van der Waals surface area contributed by atoms with E-state index in [9.17, 15) is 4.79 Å². The summed E-state index contributed by atoms with van der Waals surface area (Å²) in [4.78, 5) is 12.9. The minimum absolute atomic E-state index is 0.318. The number of rotatable bonds is 21. The van der Waals surface area contributed by atoms with Gasteiger partial charge in [-0.2, -0.15) is 0 Å². The molecule has 3 aromatic carbocycles. The van der Waals surface area contributed by atoms with Crippen LogP contribution in [0.15, 0.2) is 72.8 Å². The van der Waals surface area contributed by atoms with Crippen LogP contribution in [0.1, 0.15) is 97.0 Å². The second kappa shape index (κ2) is 19.6. The fraction of sp³-hybridized carbons (Fsp3) is 0.486. The lowest BCUT2D eigenvalue weighted by atomic mass is 10.0. The van der Waals surface area contributed by atoms with Gasteiger partial charge in [-0.25, -0.2) is 4.79 Å². The Morgan fingerprint density at radius 2 is 1.33 bits per heavy atom. The molecule has 5 nitrogen and oxygen atoms in total. The molecule has 0 unspecified atom stereocenters. The molecular weight excluding hydrogens is 524 g/mol. The largest absolute Gasteiger partial charge is 0.494 e. The predicted octanol–water partition coefficient (Wildman–Crippen LogP) is 9.95. The van der Waals surface area contributed by atoms with Crippen molar-refractivity contribution in [2.45, 2.75) is 104 Å². The van der Waals surface area contributed by atoms with E-state index < -0.39 is 6.10 Å². The molecule has 0 N–H and O–H groups in total. The van der Waals surface area contributed by atoms with Crippen molar-refractivity contribution in [2.24, 2.45) is 0 Å². The lowest BCUT2D eigenvalue weighted by Crippen LogP contribution is -2.29. The number of hydrogen-bond donors (Lipinski definition) is 0. The molecule has 3 aromatic rings. The first-order valence-corrected chi connectivity index (χ1v) is 16.0.